The molecule has 2 aromatic rings. The molecule has 1 saturated carbocycles. The van der Waals surface area contributed by atoms with Gasteiger partial charge < -0.3 is 9.84 Å². The van der Waals surface area contributed by atoms with Crippen LogP contribution in [0.1, 0.15) is 141 Å². The molecular weight excluding hydrogens is 560 g/mol. The first kappa shape index (κ1) is 33.0. The van der Waals surface area contributed by atoms with E-state index < -0.39 is 5.97 Å². The number of hydrogen-bond acceptors (Lipinski definition) is 4. The molecule has 1 N–H and O–H groups in total. The van der Waals surface area contributed by atoms with E-state index in [1.54, 1.807) is 12.1 Å². The van der Waals surface area contributed by atoms with Gasteiger partial charge in [0.05, 0.1) is 6.61 Å². The summed E-state index contributed by atoms with van der Waals surface area (Å²) in [7, 11) is 0. The average molecular weight is 607 g/mol. The Morgan fingerprint density at radius 2 is 1.16 bits per heavy atom. The number of carboxylic acid groups (broad SMARTS) is 1. The van der Waals surface area contributed by atoms with Crippen LogP contribution in [0.5, 0.6) is 0 Å². The third kappa shape index (κ3) is 9.79. The highest BCUT2D eigenvalue weighted by Gasteiger charge is 2.38. The number of unbranched alkanes of at least 4 members (excludes halogenated alkanes) is 11. The number of fused-ring (bicyclic) bond motifs is 1. The van der Waals surface area contributed by atoms with Gasteiger partial charge in [-0.05, 0) is 68.1 Å². The van der Waals surface area contributed by atoms with Crippen molar-refractivity contribution in [3.8, 4) is 0 Å². The second-order valence-corrected chi connectivity index (χ2v) is 12.7. The van der Waals surface area contributed by atoms with Crippen LogP contribution >= 0.6 is 11.6 Å². The summed E-state index contributed by atoms with van der Waals surface area (Å²) in [6.45, 7) is 0.460. The second-order valence-electron chi connectivity index (χ2n) is 12.3. The lowest BCUT2D eigenvalue weighted by Crippen LogP contribution is -2.29. The molecule has 2 aliphatic carbocycles. The Bertz CT molecular complexity index is 1240. The van der Waals surface area contributed by atoms with Crippen molar-refractivity contribution in [1.29, 1.82) is 0 Å². The maximum atomic E-state index is 13.7. The highest BCUT2D eigenvalue weighted by molar-refractivity contribution is 6.30. The molecule has 5 nitrogen and oxygen atoms in total. The maximum absolute atomic E-state index is 13.7. The topological polar surface area (TPSA) is 80.7 Å². The summed E-state index contributed by atoms with van der Waals surface area (Å²) in [6.07, 6.45) is 17.3. The number of ketones is 2. The largest absolute Gasteiger partial charge is 0.489 e. The Morgan fingerprint density at radius 1 is 0.674 bits per heavy atom. The number of Topliss-reactive ketones (excluding diaryl/α,β-unsaturated/α-hetero) is 2. The lowest BCUT2D eigenvalue weighted by atomic mass is 9.72. The summed E-state index contributed by atoms with van der Waals surface area (Å²) >= 11 is 6.08. The molecule has 0 atom stereocenters. The van der Waals surface area contributed by atoms with Crippen molar-refractivity contribution in [2.24, 2.45) is 5.92 Å². The van der Waals surface area contributed by atoms with E-state index in [-0.39, 0.29) is 17.5 Å². The number of ether oxygens (including phenoxy) is 1. The zero-order valence-corrected chi connectivity index (χ0v) is 26.2. The van der Waals surface area contributed by atoms with E-state index in [2.05, 4.69) is 12.1 Å². The molecular formula is C37H47ClO5. The van der Waals surface area contributed by atoms with Crippen LogP contribution in [0, 0.1) is 5.92 Å². The number of carbonyl (C=O) groups excluding carboxylic acids is 2. The molecule has 0 bridgehead atoms. The van der Waals surface area contributed by atoms with Crippen molar-refractivity contribution in [2.75, 3.05) is 6.61 Å². The molecule has 6 heteroatoms. The molecule has 43 heavy (non-hydrogen) atoms. The van der Waals surface area contributed by atoms with Gasteiger partial charge in [-0.1, -0.05) is 112 Å². The van der Waals surface area contributed by atoms with E-state index in [1.165, 1.54) is 44.1 Å². The summed E-state index contributed by atoms with van der Waals surface area (Å²) < 4.78 is 6.19. The van der Waals surface area contributed by atoms with Gasteiger partial charge in [-0.3, -0.25) is 14.4 Å². The van der Waals surface area contributed by atoms with Gasteiger partial charge >= 0.3 is 5.97 Å². The van der Waals surface area contributed by atoms with E-state index in [0.29, 0.717) is 41.4 Å². The number of halogens is 1. The third-order valence-electron chi connectivity index (χ3n) is 9.12. The Labute approximate surface area is 262 Å². The molecule has 0 radical (unpaired) electrons. The molecule has 0 saturated heterocycles. The Hall–Kier alpha value is -2.92. The minimum atomic E-state index is -0.694. The monoisotopic (exact) mass is 606 g/mol. The van der Waals surface area contributed by atoms with Gasteiger partial charge in [0.15, 0.2) is 11.5 Å². The fourth-order valence-corrected chi connectivity index (χ4v) is 6.78. The minimum Gasteiger partial charge on any atom is -0.489 e. The van der Waals surface area contributed by atoms with Crippen molar-refractivity contribution in [2.45, 2.75) is 115 Å². The SMILES string of the molecule is O=C(O)CCCCCCCCCCCCCCOC1=C(C2CCC(c3ccc(Cl)cc3)CC2)C(=O)c2ccccc2C1=O. The molecule has 0 heterocycles. The van der Waals surface area contributed by atoms with E-state index in [0.717, 1.165) is 69.2 Å². The lowest BCUT2D eigenvalue weighted by Gasteiger charge is -2.32. The quantitative estimate of drug-likeness (QED) is 0.171. The predicted octanol–water partition coefficient (Wildman–Crippen LogP) is 10.1. The molecule has 0 aromatic heterocycles. The smallest absolute Gasteiger partial charge is 0.303 e. The molecule has 2 aliphatic rings. The van der Waals surface area contributed by atoms with Crippen LogP contribution in [0.3, 0.4) is 0 Å². The number of carbonyl (C=O) groups is 3. The molecule has 0 spiro atoms. The summed E-state index contributed by atoms with van der Waals surface area (Å²) in [4.78, 5) is 37.8. The second kappa shape index (κ2) is 17.4. The number of carboxylic acids is 1. The summed E-state index contributed by atoms with van der Waals surface area (Å²) in [5, 5.41) is 9.42. The fourth-order valence-electron chi connectivity index (χ4n) is 6.66. The van der Waals surface area contributed by atoms with E-state index in [9.17, 15) is 14.4 Å². The third-order valence-corrected chi connectivity index (χ3v) is 9.37. The van der Waals surface area contributed by atoms with E-state index in [1.807, 2.05) is 24.3 Å². The van der Waals surface area contributed by atoms with Gasteiger partial charge in [0, 0.05) is 28.1 Å². The van der Waals surface area contributed by atoms with Gasteiger partial charge in [-0.25, -0.2) is 0 Å². The van der Waals surface area contributed by atoms with Crippen molar-refractivity contribution >= 4 is 29.1 Å². The van der Waals surface area contributed by atoms with Crippen LogP contribution in [0.15, 0.2) is 59.9 Å². The molecule has 0 aliphatic heterocycles. The first-order valence-electron chi connectivity index (χ1n) is 16.5. The summed E-state index contributed by atoms with van der Waals surface area (Å²) in [6, 6.07) is 15.2. The lowest BCUT2D eigenvalue weighted by molar-refractivity contribution is -0.137. The first-order valence-corrected chi connectivity index (χ1v) is 16.9. The Balaban J connectivity index is 1.21. The molecule has 0 unspecified atom stereocenters. The van der Waals surface area contributed by atoms with Gasteiger partial charge in [-0.2, -0.15) is 0 Å². The number of rotatable bonds is 18. The maximum Gasteiger partial charge on any atom is 0.303 e. The highest BCUT2D eigenvalue weighted by Crippen LogP contribution is 2.42. The fraction of sp³-hybridized carbons (Fsp3) is 0.541. The summed E-state index contributed by atoms with van der Waals surface area (Å²) in [5.41, 5.74) is 2.85. The number of aliphatic carboxylic acids is 1. The van der Waals surface area contributed by atoms with Gasteiger partial charge in [0.2, 0.25) is 5.78 Å². The number of allylic oxidation sites excluding steroid dienone is 2. The molecule has 4 rings (SSSR count). The van der Waals surface area contributed by atoms with Crippen LogP contribution in [-0.2, 0) is 9.53 Å². The average Bonchev–Trinajstić information content (AvgIpc) is 3.02. The highest BCUT2D eigenvalue weighted by atomic mass is 35.5. The standard InChI is InChI=1S/C37H47ClO5/c38-30-24-22-28(23-25-30)27-18-20-29(21-19-27)34-35(41)31-15-12-13-16-32(31)36(42)37(34)43-26-14-10-8-6-4-2-1-3-5-7-9-11-17-33(39)40/h12-13,15-16,22-25,27,29H,1-11,14,17-21,26H2,(H,39,40). The van der Waals surface area contributed by atoms with Crippen molar-refractivity contribution in [3.63, 3.8) is 0 Å². The summed E-state index contributed by atoms with van der Waals surface area (Å²) in [5.74, 6) is -0.113. The minimum absolute atomic E-state index is 0.0353. The normalized spacial score (nSPS) is 18.5. The van der Waals surface area contributed by atoms with Crippen LogP contribution in [0.4, 0.5) is 0 Å². The van der Waals surface area contributed by atoms with Gasteiger partial charge in [-0.15, -0.1) is 0 Å². The molecule has 1 fully saturated rings. The van der Waals surface area contributed by atoms with Crippen molar-refractivity contribution in [1.82, 2.24) is 0 Å². The predicted molar refractivity (Wildman–Crippen MR) is 172 cm³/mol. The van der Waals surface area contributed by atoms with Crippen molar-refractivity contribution < 1.29 is 24.2 Å². The zero-order valence-electron chi connectivity index (χ0n) is 25.5. The number of hydrogen-bond donors (Lipinski definition) is 1. The number of benzene rings is 2. The zero-order chi connectivity index (χ0) is 30.4. The van der Waals surface area contributed by atoms with Crippen LogP contribution in [0.2, 0.25) is 5.02 Å². The van der Waals surface area contributed by atoms with Crippen LogP contribution in [-0.4, -0.2) is 29.2 Å². The Morgan fingerprint density at radius 3 is 1.72 bits per heavy atom. The Kier molecular flexibility index (Phi) is 13.3. The van der Waals surface area contributed by atoms with E-state index >= 15 is 0 Å². The molecule has 2 aromatic carbocycles. The molecule has 0 amide bonds. The van der Waals surface area contributed by atoms with Crippen LogP contribution in [0.25, 0.3) is 0 Å². The van der Waals surface area contributed by atoms with Gasteiger partial charge in [0.1, 0.15) is 0 Å². The molecule has 232 valence electrons. The van der Waals surface area contributed by atoms with Crippen molar-refractivity contribution in [3.05, 3.63) is 81.6 Å². The van der Waals surface area contributed by atoms with E-state index in [4.69, 9.17) is 21.4 Å². The van der Waals surface area contributed by atoms with Crippen LogP contribution < -0.4 is 0 Å². The first-order chi connectivity index (χ1) is 21.0. The van der Waals surface area contributed by atoms with Gasteiger partial charge in [0.25, 0.3) is 0 Å².